The van der Waals surface area contributed by atoms with Crippen molar-refractivity contribution >= 4 is 20.7 Å². The van der Waals surface area contributed by atoms with Gasteiger partial charge in [0, 0.05) is 11.9 Å². The molecule has 0 fully saturated rings. The zero-order chi connectivity index (χ0) is 28.9. The van der Waals surface area contributed by atoms with Crippen LogP contribution in [-0.4, -0.2) is 52.3 Å². The van der Waals surface area contributed by atoms with Crippen molar-refractivity contribution in [1.82, 2.24) is 9.88 Å². The Morgan fingerprint density at radius 1 is 0.900 bits per heavy atom. The lowest BCUT2D eigenvalue weighted by Gasteiger charge is -2.28. The van der Waals surface area contributed by atoms with E-state index in [4.69, 9.17) is 14.2 Å². The first kappa shape index (κ1) is 29.4. The summed E-state index contributed by atoms with van der Waals surface area (Å²) in [7, 11) is 1.51. The van der Waals surface area contributed by atoms with Gasteiger partial charge in [0.15, 0.2) is 17.7 Å². The minimum Gasteiger partial charge on any atom is -0.493 e. The molecule has 7 nitrogen and oxygen atoms in total. The molecular weight excluding hydrogens is 524 g/mol. The lowest BCUT2D eigenvalue weighted by Crippen LogP contribution is -2.37. The number of pyridine rings is 1. The largest absolute Gasteiger partial charge is 0.493 e. The smallest absolute Gasteiger partial charge is 0.208 e. The van der Waals surface area contributed by atoms with Crippen LogP contribution in [0.5, 0.6) is 17.2 Å². The first-order chi connectivity index (χ1) is 19.2. The van der Waals surface area contributed by atoms with E-state index >= 15 is 0 Å². The Hall–Kier alpha value is -3.62. The zero-order valence-corrected chi connectivity index (χ0v) is 24.9. The number of para-hydroxylation sites is 1. The van der Waals surface area contributed by atoms with Gasteiger partial charge in [0.25, 0.3) is 0 Å². The molecule has 0 aliphatic carbocycles. The average Bonchev–Trinajstić information content (AvgIpc) is 2.97. The zero-order valence-electron chi connectivity index (χ0n) is 24.0. The van der Waals surface area contributed by atoms with Crippen LogP contribution in [0, 0.1) is 0 Å². The molecule has 0 radical (unpaired) electrons. The van der Waals surface area contributed by atoms with E-state index in [1.807, 2.05) is 63.4 Å². The molecule has 1 heterocycles. The molecule has 8 heteroatoms. The Labute approximate surface area is 237 Å². The Morgan fingerprint density at radius 2 is 1.60 bits per heavy atom. The SMILES string of the molecule is CCC(Oc1ccc(S(=O)(=O)c2cc3ccccc3nc2C(C)C)cc1)N(C)CCc1ccc(OC)c(OC)c1. The fraction of sp³-hybridized carbons (Fsp3) is 0.344. The number of likely N-dealkylation sites (N-methyl/N-ethyl adjacent to an activating group) is 1. The molecule has 1 aromatic heterocycles. The number of hydrogen-bond acceptors (Lipinski definition) is 7. The highest BCUT2D eigenvalue weighted by atomic mass is 32.2. The minimum absolute atomic E-state index is 0.0446. The Kier molecular flexibility index (Phi) is 9.32. The Balaban J connectivity index is 1.48. The minimum atomic E-state index is -3.77. The first-order valence-corrected chi connectivity index (χ1v) is 15.0. The van der Waals surface area contributed by atoms with E-state index in [-0.39, 0.29) is 21.9 Å². The molecule has 0 amide bonds. The quantitative estimate of drug-likeness (QED) is 0.183. The molecule has 40 heavy (non-hydrogen) atoms. The summed E-state index contributed by atoms with van der Waals surface area (Å²) in [5.74, 6) is 1.99. The van der Waals surface area contributed by atoms with Gasteiger partial charge in [-0.25, -0.2) is 8.42 Å². The third kappa shape index (κ3) is 6.40. The van der Waals surface area contributed by atoms with Crippen molar-refractivity contribution in [3.63, 3.8) is 0 Å². The van der Waals surface area contributed by atoms with Crippen molar-refractivity contribution in [2.75, 3.05) is 27.8 Å². The summed E-state index contributed by atoms with van der Waals surface area (Å²) in [6.45, 7) is 6.75. The second kappa shape index (κ2) is 12.7. The summed E-state index contributed by atoms with van der Waals surface area (Å²) in [4.78, 5) is 7.30. The number of methoxy groups -OCH3 is 2. The second-order valence-corrected chi connectivity index (χ2v) is 12.0. The van der Waals surface area contributed by atoms with E-state index in [1.54, 1.807) is 44.6 Å². The lowest BCUT2D eigenvalue weighted by molar-refractivity contribution is 0.0427. The van der Waals surface area contributed by atoms with Gasteiger partial charge in [0.05, 0.1) is 35.2 Å². The molecule has 4 aromatic rings. The molecular formula is C32H38N2O5S. The number of sulfone groups is 1. The summed E-state index contributed by atoms with van der Waals surface area (Å²) in [6, 6.07) is 21.9. The highest BCUT2D eigenvalue weighted by Crippen LogP contribution is 2.32. The normalized spacial score (nSPS) is 12.6. The van der Waals surface area contributed by atoms with Crippen LogP contribution in [0.2, 0.25) is 0 Å². The predicted octanol–water partition coefficient (Wildman–Crippen LogP) is 6.50. The maximum absolute atomic E-state index is 13.7. The monoisotopic (exact) mass is 562 g/mol. The van der Waals surface area contributed by atoms with Crippen molar-refractivity contribution in [2.24, 2.45) is 0 Å². The number of nitrogens with zero attached hydrogens (tertiary/aromatic N) is 2. The van der Waals surface area contributed by atoms with Gasteiger partial charge >= 0.3 is 0 Å². The maximum atomic E-state index is 13.7. The van der Waals surface area contributed by atoms with E-state index < -0.39 is 9.84 Å². The molecule has 0 saturated carbocycles. The van der Waals surface area contributed by atoms with Gasteiger partial charge in [0.1, 0.15) is 5.75 Å². The topological polar surface area (TPSA) is 78.0 Å². The van der Waals surface area contributed by atoms with Crippen LogP contribution in [0.15, 0.2) is 82.6 Å². The van der Waals surface area contributed by atoms with Gasteiger partial charge in [-0.1, -0.05) is 45.0 Å². The van der Waals surface area contributed by atoms with E-state index in [2.05, 4.69) is 16.8 Å². The van der Waals surface area contributed by atoms with Crippen LogP contribution in [-0.2, 0) is 16.3 Å². The maximum Gasteiger partial charge on any atom is 0.208 e. The number of hydrogen-bond donors (Lipinski definition) is 0. The van der Waals surface area contributed by atoms with Crippen molar-refractivity contribution in [1.29, 1.82) is 0 Å². The standard InChI is InChI=1S/C32H38N2O5S/c1-7-31(34(4)19-18-23-12-17-28(37-5)29(20-23)38-6)39-25-13-15-26(16-14-25)40(35,36)30-21-24-10-8-9-11-27(24)33-32(30)22(2)3/h8-17,20-22,31H,7,18-19H2,1-6H3. The molecule has 0 spiro atoms. The summed E-state index contributed by atoms with van der Waals surface area (Å²) in [6.07, 6.45) is 1.41. The number of benzene rings is 3. The van der Waals surface area contributed by atoms with Crippen LogP contribution in [0.25, 0.3) is 10.9 Å². The molecule has 0 N–H and O–H groups in total. The Morgan fingerprint density at radius 3 is 2.25 bits per heavy atom. The van der Waals surface area contributed by atoms with E-state index in [9.17, 15) is 8.42 Å². The molecule has 4 rings (SSSR count). The van der Waals surface area contributed by atoms with Gasteiger partial charge < -0.3 is 14.2 Å². The molecule has 0 bridgehead atoms. The van der Waals surface area contributed by atoms with E-state index in [0.29, 0.717) is 22.9 Å². The summed E-state index contributed by atoms with van der Waals surface area (Å²) >= 11 is 0. The van der Waals surface area contributed by atoms with Crippen LogP contribution >= 0.6 is 0 Å². The van der Waals surface area contributed by atoms with Crippen molar-refractivity contribution in [3.8, 4) is 17.2 Å². The van der Waals surface area contributed by atoms with Crippen molar-refractivity contribution in [3.05, 3.63) is 84.1 Å². The van der Waals surface area contributed by atoms with Gasteiger partial charge in [-0.2, -0.15) is 0 Å². The number of rotatable bonds is 12. The van der Waals surface area contributed by atoms with Crippen molar-refractivity contribution in [2.45, 2.75) is 55.5 Å². The average molecular weight is 563 g/mol. The molecule has 3 aromatic carbocycles. The van der Waals surface area contributed by atoms with Gasteiger partial charge in [0.2, 0.25) is 9.84 Å². The molecule has 0 aliphatic rings. The highest BCUT2D eigenvalue weighted by molar-refractivity contribution is 7.91. The van der Waals surface area contributed by atoms with Gasteiger partial charge in [-0.3, -0.25) is 9.88 Å². The van der Waals surface area contributed by atoms with Crippen LogP contribution in [0.4, 0.5) is 0 Å². The number of ether oxygens (including phenoxy) is 3. The predicted molar refractivity (Wildman–Crippen MR) is 158 cm³/mol. The second-order valence-electron chi connectivity index (χ2n) is 10.1. The fourth-order valence-electron chi connectivity index (χ4n) is 4.69. The molecule has 0 aliphatic heterocycles. The fourth-order valence-corrected chi connectivity index (χ4v) is 6.28. The molecule has 0 saturated heterocycles. The van der Waals surface area contributed by atoms with Crippen LogP contribution in [0.1, 0.15) is 44.4 Å². The van der Waals surface area contributed by atoms with Gasteiger partial charge in [-0.05, 0) is 79.9 Å². The summed E-state index contributed by atoms with van der Waals surface area (Å²) in [5.41, 5.74) is 2.49. The summed E-state index contributed by atoms with van der Waals surface area (Å²) in [5, 5.41) is 0.798. The molecule has 1 atom stereocenters. The van der Waals surface area contributed by atoms with Crippen LogP contribution in [0.3, 0.4) is 0 Å². The number of fused-ring (bicyclic) bond motifs is 1. The lowest BCUT2D eigenvalue weighted by atomic mass is 10.1. The summed E-state index contributed by atoms with van der Waals surface area (Å²) < 4.78 is 44.4. The van der Waals surface area contributed by atoms with Crippen LogP contribution < -0.4 is 14.2 Å². The van der Waals surface area contributed by atoms with Crippen molar-refractivity contribution < 1.29 is 22.6 Å². The number of aromatic nitrogens is 1. The molecule has 212 valence electrons. The van der Waals surface area contributed by atoms with E-state index in [0.717, 1.165) is 35.9 Å². The van der Waals surface area contributed by atoms with E-state index in [1.165, 1.54) is 0 Å². The van der Waals surface area contributed by atoms with Gasteiger partial charge in [-0.15, -0.1) is 0 Å². The molecule has 1 unspecified atom stereocenters. The highest BCUT2D eigenvalue weighted by Gasteiger charge is 2.25. The third-order valence-electron chi connectivity index (χ3n) is 7.00. The Bertz CT molecular complexity index is 1550. The first-order valence-electron chi connectivity index (χ1n) is 13.5. The third-order valence-corrected chi connectivity index (χ3v) is 8.80.